The van der Waals surface area contributed by atoms with Gasteiger partial charge in [-0.25, -0.2) is 5.43 Å². The maximum Gasteiger partial charge on any atom is 0.283 e. The summed E-state index contributed by atoms with van der Waals surface area (Å²) in [6.07, 6.45) is 2.53. The van der Waals surface area contributed by atoms with E-state index in [4.69, 9.17) is 0 Å². The highest BCUT2D eigenvalue weighted by Gasteiger charge is 2.34. The third kappa shape index (κ3) is 1.70. The zero-order chi connectivity index (χ0) is 10.1. The number of anilines is 1. The Balaban J connectivity index is 1.69. The van der Waals surface area contributed by atoms with Gasteiger partial charge in [-0.2, -0.15) is 10.3 Å². The minimum absolute atomic E-state index is 0.439. The predicted octanol–water partition coefficient (Wildman–Crippen LogP) is -1.72. The van der Waals surface area contributed by atoms with Gasteiger partial charge in [0.1, 0.15) is 6.54 Å². The fraction of sp³-hybridized carbons (Fsp3) is 0.750. The molecule has 0 unspecified atom stereocenters. The number of fused-ring (bicyclic) bond motifs is 3. The highest BCUT2D eigenvalue weighted by molar-refractivity contribution is 5.89. The molecule has 80 valence electrons. The topological polar surface area (TPSA) is 83.3 Å². The molecule has 2 bridgehead atoms. The maximum absolute atomic E-state index is 4.37. The van der Waals surface area contributed by atoms with Crippen molar-refractivity contribution in [1.82, 2.24) is 20.6 Å². The van der Waals surface area contributed by atoms with E-state index in [1.807, 2.05) is 0 Å². The molecule has 3 saturated heterocycles. The Hall–Kier alpha value is -1.50. The average molecular weight is 208 g/mol. The maximum atomic E-state index is 4.37. The molecule has 0 spiro atoms. The molecular formula is C8H14N7+. The van der Waals surface area contributed by atoms with E-state index in [1.165, 1.54) is 31.6 Å². The first kappa shape index (κ1) is 8.78. The molecule has 3 fully saturated rings. The molecule has 1 aromatic rings. The Morgan fingerprint density at radius 2 is 2.27 bits per heavy atom. The first-order valence-electron chi connectivity index (χ1n) is 5.31. The first-order valence-corrected chi connectivity index (χ1v) is 5.31. The van der Waals surface area contributed by atoms with Gasteiger partial charge in [-0.3, -0.25) is 0 Å². The van der Waals surface area contributed by atoms with Crippen molar-refractivity contribution in [2.75, 3.05) is 25.1 Å². The summed E-state index contributed by atoms with van der Waals surface area (Å²) in [5, 5.41) is 17.8. The Morgan fingerprint density at radius 1 is 1.40 bits per heavy atom. The summed E-state index contributed by atoms with van der Waals surface area (Å²) < 4.78 is 0. The molecule has 15 heavy (non-hydrogen) atoms. The fourth-order valence-corrected chi connectivity index (χ4v) is 2.40. The minimum Gasteiger partial charge on any atom is -0.330 e. The molecule has 3 aliphatic rings. The zero-order valence-corrected chi connectivity index (χ0v) is 8.40. The smallest absolute Gasteiger partial charge is 0.283 e. The summed E-state index contributed by atoms with van der Waals surface area (Å²) in [5.74, 6) is 1.11. The van der Waals surface area contributed by atoms with Crippen LogP contribution in [0.4, 0.5) is 5.95 Å². The van der Waals surface area contributed by atoms with Crippen LogP contribution < -0.4 is 10.3 Å². The monoisotopic (exact) mass is 208 g/mol. The molecule has 1 aromatic heterocycles. The van der Waals surface area contributed by atoms with Gasteiger partial charge in [-0.15, -0.1) is 5.10 Å². The largest absolute Gasteiger partial charge is 0.330 e. The summed E-state index contributed by atoms with van der Waals surface area (Å²) in [4.78, 5) is 1.64. The van der Waals surface area contributed by atoms with Crippen LogP contribution in [0.5, 0.6) is 0 Å². The lowest BCUT2D eigenvalue weighted by Gasteiger charge is -2.36. The molecule has 0 atom stereocenters. The standard InChI is InChI=1S/C8H13N7/c1-3-15-4-2-6(1)7(5-15)9-10-8-11-13-14-12-8/h6H,1-5H2,(H2,10,11,12,13,14)/p+1. The third-order valence-corrected chi connectivity index (χ3v) is 3.24. The van der Waals surface area contributed by atoms with E-state index in [0.29, 0.717) is 11.9 Å². The highest BCUT2D eigenvalue weighted by atomic mass is 15.5. The molecule has 0 saturated carbocycles. The van der Waals surface area contributed by atoms with Crippen molar-refractivity contribution in [3.05, 3.63) is 0 Å². The van der Waals surface area contributed by atoms with E-state index >= 15 is 0 Å². The molecule has 4 rings (SSSR count). The van der Waals surface area contributed by atoms with Crippen LogP contribution in [-0.2, 0) is 0 Å². The Labute approximate surface area is 86.9 Å². The van der Waals surface area contributed by atoms with Gasteiger partial charge in [-0.1, -0.05) is 5.10 Å². The second kappa shape index (κ2) is 3.58. The summed E-state index contributed by atoms with van der Waals surface area (Å²) >= 11 is 0. The summed E-state index contributed by atoms with van der Waals surface area (Å²) in [6, 6.07) is 0. The van der Waals surface area contributed by atoms with Gasteiger partial charge in [0.25, 0.3) is 5.95 Å². The van der Waals surface area contributed by atoms with E-state index in [2.05, 4.69) is 31.2 Å². The van der Waals surface area contributed by atoms with Gasteiger partial charge in [0.15, 0.2) is 0 Å². The van der Waals surface area contributed by atoms with E-state index < -0.39 is 0 Å². The predicted molar refractivity (Wildman–Crippen MR) is 53.5 cm³/mol. The summed E-state index contributed by atoms with van der Waals surface area (Å²) in [5.41, 5.74) is 4.09. The van der Waals surface area contributed by atoms with E-state index in [0.717, 1.165) is 6.54 Å². The molecule has 3 N–H and O–H groups in total. The Morgan fingerprint density at radius 3 is 2.87 bits per heavy atom. The van der Waals surface area contributed by atoms with Crippen molar-refractivity contribution in [2.45, 2.75) is 12.8 Å². The molecule has 0 aliphatic carbocycles. The number of aromatic nitrogens is 4. The van der Waals surface area contributed by atoms with Crippen LogP contribution in [0.15, 0.2) is 5.10 Å². The molecule has 0 aromatic carbocycles. The number of rotatable bonds is 2. The van der Waals surface area contributed by atoms with Crippen LogP contribution in [0.1, 0.15) is 12.8 Å². The Kier molecular flexibility index (Phi) is 2.09. The minimum atomic E-state index is 0.439. The number of piperidine rings is 3. The highest BCUT2D eigenvalue weighted by Crippen LogP contribution is 2.15. The van der Waals surface area contributed by atoms with E-state index in [-0.39, 0.29) is 0 Å². The lowest BCUT2D eigenvalue weighted by molar-refractivity contribution is -0.902. The number of quaternary nitrogens is 1. The van der Waals surface area contributed by atoms with Gasteiger partial charge in [0.05, 0.1) is 18.8 Å². The number of tetrazole rings is 1. The van der Waals surface area contributed by atoms with E-state index in [1.54, 1.807) is 4.90 Å². The molecule has 7 nitrogen and oxygen atoms in total. The SMILES string of the molecule is C1C[NH+]2CCC1C(=NNc1nn[nH]n1)C2. The second-order valence-corrected chi connectivity index (χ2v) is 4.15. The zero-order valence-electron chi connectivity index (χ0n) is 8.40. The van der Waals surface area contributed by atoms with Crippen molar-refractivity contribution < 1.29 is 4.90 Å². The molecule has 7 heteroatoms. The van der Waals surface area contributed by atoms with Gasteiger partial charge in [-0.05, 0) is 5.21 Å². The first-order chi connectivity index (χ1) is 7.42. The van der Waals surface area contributed by atoms with Gasteiger partial charge in [0.2, 0.25) is 0 Å². The van der Waals surface area contributed by atoms with Crippen molar-refractivity contribution in [2.24, 2.45) is 11.0 Å². The number of hydrogen-bond acceptors (Lipinski definition) is 5. The summed E-state index contributed by atoms with van der Waals surface area (Å²) in [7, 11) is 0. The molecule has 4 heterocycles. The normalized spacial score (nSPS) is 32.1. The Bertz CT molecular complexity index is 349. The molecule has 3 aliphatic heterocycles. The van der Waals surface area contributed by atoms with Gasteiger partial charge < -0.3 is 4.90 Å². The number of aromatic amines is 1. The third-order valence-electron chi connectivity index (χ3n) is 3.24. The van der Waals surface area contributed by atoms with Crippen LogP contribution in [-0.4, -0.2) is 46.0 Å². The van der Waals surface area contributed by atoms with Gasteiger partial charge >= 0.3 is 0 Å². The molecular weight excluding hydrogens is 194 g/mol. The van der Waals surface area contributed by atoms with Crippen molar-refractivity contribution >= 4 is 11.7 Å². The molecule has 0 radical (unpaired) electrons. The fourth-order valence-electron chi connectivity index (χ4n) is 2.40. The van der Waals surface area contributed by atoms with Crippen LogP contribution in [0.3, 0.4) is 0 Å². The van der Waals surface area contributed by atoms with Crippen LogP contribution >= 0.6 is 0 Å². The van der Waals surface area contributed by atoms with Crippen LogP contribution in [0, 0.1) is 5.92 Å². The van der Waals surface area contributed by atoms with Crippen molar-refractivity contribution in [3.8, 4) is 0 Å². The number of H-pyrrole nitrogens is 1. The average Bonchev–Trinajstić information content (AvgIpc) is 2.81. The lowest BCUT2D eigenvalue weighted by Crippen LogP contribution is -3.16. The lowest BCUT2D eigenvalue weighted by atomic mass is 9.87. The van der Waals surface area contributed by atoms with Gasteiger partial charge in [0, 0.05) is 18.8 Å². The second-order valence-electron chi connectivity index (χ2n) is 4.15. The number of nitrogens with one attached hydrogen (secondary N) is 3. The number of hydrazone groups is 1. The number of nitrogens with zero attached hydrogens (tertiary/aromatic N) is 4. The number of hydrogen-bond donors (Lipinski definition) is 3. The summed E-state index contributed by atoms with van der Waals surface area (Å²) in [6.45, 7) is 3.66. The van der Waals surface area contributed by atoms with Crippen molar-refractivity contribution in [1.29, 1.82) is 0 Å². The molecule has 0 amide bonds. The van der Waals surface area contributed by atoms with Crippen LogP contribution in [0.2, 0.25) is 0 Å². The van der Waals surface area contributed by atoms with E-state index in [9.17, 15) is 0 Å². The van der Waals surface area contributed by atoms with Crippen molar-refractivity contribution in [3.63, 3.8) is 0 Å². The van der Waals surface area contributed by atoms with Crippen LogP contribution in [0.25, 0.3) is 0 Å². The quantitative estimate of drug-likeness (QED) is 0.505.